The molecule has 7 nitrogen and oxygen atoms in total. The van der Waals surface area contributed by atoms with Crippen LogP contribution in [0.4, 0.5) is 26.3 Å². The Balaban J connectivity index is 1.06. The van der Waals surface area contributed by atoms with Gasteiger partial charge in [0.15, 0.2) is 0 Å². The third-order valence-corrected chi connectivity index (χ3v) is 8.57. The SMILES string of the molecule is O=S1CC(COCc2coc(/C=C/c3ccc(C(F)(F)F)cc3)n2)(COCc2coc(/C=C/c3ccc(C(F)(F)F)cc3)n2)C1. The first-order valence-corrected chi connectivity index (χ1v) is 15.0. The number of aromatic nitrogens is 2. The van der Waals surface area contributed by atoms with E-state index in [0.717, 1.165) is 24.3 Å². The molecule has 3 heterocycles. The highest BCUT2D eigenvalue weighted by atomic mass is 32.2. The molecule has 1 fully saturated rings. The fraction of sp³-hybridized carbons (Fsp3) is 0.290. The normalized spacial score (nSPS) is 15.7. The zero-order chi connectivity index (χ0) is 32.1. The van der Waals surface area contributed by atoms with Crippen molar-refractivity contribution in [3.05, 3.63) is 106 Å². The molecule has 0 bridgehead atoms. The summed E-state index contributed by atoms with van der Waals surface area (Å²) in [6.45, 7) is 0.790. The number of alkyl halides is 6. The summed E-state index contributed by atoms with van der Waals surface area (Å²) < 4.78 is 111. The maximum Gasteiger partial charge on any atom is 0.416 e. The van der Waals surface area contributed by atoms with Gasteiger partial charge in [0.1, 0.15) is 23.9 Å². The van der Waals surface area contributed by atoms with E-state index in [4.69, 9.17) is 18.3 Å². The summed E-state index contributed by atoms with van der Waals surface area (Å²) in [6.07, 6.45) is 0.282. The molecule has 0 spiro atoms. The quantitative estimate of drug-likeness (QED) is 0.146. The number of benzene rings is 2. The Morgan fingerprint density at radius 2 is 1.09 bits per heavy atom. The molecule has 1 saturated heterocycles. The van der Waals surface area contributed by atoms with Gasteiger partial charge < -0.3 is 18.3 Å². The highest BCUT2D eigenvalue weighted by Crippen LogP contribution is 2.32. The predicted molar refractivity (Wildman–Crippen MR) is 153 cm³/mol. The summed E-state index contributed by atoms with van der Waals surface area (Å²) in [6, 6.07) is 9.39. The molecule has 0 unspecified atom stereocenters. The Kier molecular flexibility index (Phi) is 9.75. The molecular formula is C31H26F6N2O5S. The molecule has 1 aliphatic heterocycles. The van der Waals surface area contributed by atoms with Crippen molar-refractivity contribution in [1.29, 1.82) is 0 Å². The molecule has 14 heteroatoms. The molecule has 0 aliphatic carbocycles. The maximum atomic E-state index is 12.7. The van der Waals surface area contributed by atoms with Crippen molar-refractivity contribution in [3.63, 3.8) is 0 Å². The molecule has 45 heavy (non-hydrogen) atoms. The van der Waals surface area contributed by atoms with Crippen LogP contribution in [0.5, 0.6) is 0 Å². The van der Waals surface area contributed by atoms with E-state index >= 15 is 0 Å². The van der Waals surface area contributed by atoms with E-state index in [1.165, 1.54) is 48.9 Å². The molecule has 238 valence electrons. The zero-order valence-electron chi connectivity index (χ0n) is 23.4. The van der Waals surface area contributed by atoms with Crippen LogP contribution in [0.1, 0.15) is 45.4 Å². The molecule has 2 aromatic heterocycles. The van der Waals surface area contributed by atoms with Gasteiger partial charge in [0.05, 0.1) is 37.6 Å². The Bertz CT molecular complexity index is 1540. The molecule has 2 aromatic carbocycles. The van der Waals surface area contributed by atoms with E-state index in [9.17, 15) is 30.6 Å². The summed E-state index contributed by atoms with van der Waals surface area (Å²) in [5, 5.41) is 0. The van der Waals surface area contributed by atoms with Crippen LogP contribution in [0.3, 0.4) is 0 Å². The molecule has 4 aromatic rings. The van der Waals surface area contributed by atoms with Gasteiger partial charge >= 0.3 is 12.4 Å². The average molecular weight is 653 g/mol. The van der Waals surface area contributed by atoms with Crippen molar-refractivity contribution in [2.75, 3.05) is 24.7 Å². The molecule has 1 aliphatic rings. The zero-order valence-corrected chi connectivity index (χ0v) is 24.3. The van der Waals surface area contributed by atoms with Gasteiger partial charge in [-0.1, -0.05) is 24.3 Å². The fourth-order valence-corrected chi connectivity index (χ4v) is 6.04. The van der Waals surface area contributed by atoms with E-state index in [1.54, 1.807) is 12.2 Å². The van der Waals surface area contributed by atoms with Crippen molar-refractivity contribution in [2.45, 2.75) is 25.6 Å². The Morgan fingerprint density at radius 3 is 1.44 bits per heavy atom. The lowest BCUT2D eigenvalue weighted by Crippen LogP contribution is -2.51. The number of hydrogen-bond donors (Lipinski definition) is 0. The largest absolute Gasteiger partial charge is 0.445 e. The Morgan fingerprint density at radius 1 is 0.689 bits per heavy atom. The molecule has 5 rings (SSSR count). The van der Waals surface area contributed by atoms with Gasteiger partial charge in [-0.25, -0.2) is 9.97 Å². The van der Waals surface area contributed by atoms with E-state index in [-0.39, 0.29) is 38.2 Å². The second-order valence-corrected chi connectivity index (χ2v) is 11.9. The van der Waals surface area contributed by atoms with Crippen molar-refractivity contribution in [3.8, 4) is 0 Å². The number of hydrogen-bond acceptors (Lipinski definition) is 7. The van der Waals surface area contributed by atoms with Gasteiger partial charge in [-0.3, -0.25) is 4.21 Å². The summed E-state index contributed by atoms with van der Waals surface area (Å²) in [4.78, 5) is 8.59. The molecule has 0 N–H and O–H groups in total. The summed E-state index contributed by atoms with van der Waals surface area (Å²) in [7, 11) is -0.976. The summed E-state index contributed by atoms with van der Waals surface area (Å²) in [5.74, 6) is 1.34. The van der Waals surface area contributed by atoms with Crippen molar-refractivity contribution in [1.82, 2.24) is 9.97 Å². The van der Waals surface area contributed by atoms with E-state index in [2.05, 4.69) is 9.97 Å². The van der Waals surface area contributed by atoms with E-state index < -0.39 is 39.7 Å². The Labute approximate surface area is 256 Å². The van der Waals surface area contributed by atoms with Crippen molar-refractivity contribution < 1.29 is 48.9 Å². The first-order chi connectivity index (χ1) is 21.4. The van der Waals surface area contributed by atoms with Gasteiger partial charge in [-0.15, -0.1) is 0 Å². The number of oxazole rings is 2. The highest BCUT2D eigenvalue weighted by molar-refractivity contribution is 7.86. The summed E-state index contributed by atoms with van der Waals surface area (Å²) >= 11 is 0. The molecule has 0 radical (unpaired) electrons. The molecule has 0 saturated carbocycles. The highest BCUT2D eigenvalue weighted by Gasteiger charge is 2.43. The molecule has 0 atom stereocenters. The third kappa shape index (κ3) is 9.02. The number of nitrogens with zero attached hydrogens (tertiary/aromatic N) is 2. The second-order valence-electron chi connectivity index (χ2n) is 10.5. The smallest absolute Gasteiger partial charge is 0.416 e. The monoisotopic (exact) mass is 652 g/mol. The van der Waals surface area contributed by atoms with Crippen LogP contribution >= 0.6 is 0 Å². The van der Waals surface area contributed by atoms with Crippen LogP contribution in [-0.2, 0) is 45.8 Å². The molecule has 0 amide bonds. The van der Waals surface area contributed by atoms with Crippen LogP contribution < -0.4 is 0 Å². The third-order valence-electron chi connectivity index (χ3n) is 6.70. The van der Waals surface area contributed by atoms with Gasteiger partial charge in [-0.05, 0) is 47.5 Å². The lowest BCUT2D eigenvalue weighted by atomic mass is 9.94. The fourth-order valence-electron chi connectivity index (χ4n) is 4.43. The Hall–Kier alpha value is -4.01. The summed E-state index contributed by atoms with van der Waals surface area (Å²) in [5.41, 5.74) is 0.216. The number of rotatable bonds is 12. The molecular weight excluding hydrogens is 626 g/mol. The van der Waals surface area contributed by atoms with Gasteiger partial charge in [-0.2, -0.15) is 26.3 Å². The number of halogens is 6. The van der Waals surface area contributed by atoms with Gasteiger partial charge in [0.25, 0.3) is 0 Å². The van der Waals surface area contributed by atoms with E-state index in [1.807, 2.05) is 0 Å². The van der Waals surface area contributed by atoms with Crippen LogP contribution in [0.15, 0.2) is 69.9 Å². The minimum absolute atomic E-state index is 0.129. The van der Waals surface area contributed by atoms with Crippen molar-refractivity contribution in [2.24, 2.45) is 5.41 Å². The van der Waals surface area contributed by atoms with Crippen LogP contribution in [-0.4, -0.2) is 38.9 Å². The lowest BCUT2D eigenvalue weighted by molar-refractivity contribution is -0.138. The standard InChI is InChI=1S/C31H26F6N2O5S/c32-30(33,34)23-7-1-21(2-8-23)5-11-27-38-25(15-43-27)13-41-17-29(19-45(40)20-29)18-42-14-26-16-44-28(39-26)12-6-22-3-9-24(10-4-22)31(35,36)37/h1-12,15-16H,13-14,17-20H2/b11-5+,12-6+. The maximum absolute atomic E-state index is 12.7. The van der Waals surface area contributed by atoms with Crippen LogP contribution in [0.25, 0.3) is 24.3 Å². The van der Waals surface area contributed by atoms with E-state index in [0.29, 0.717) is 34.0 Å². The lowest BCUT2D eigenvalue weighted by Gasteiger charge is -2.39. The minimum atomic E-state index is -4.40. The average Bonchev–Trinajstić information content (AvgIpc) is 3.63. The van der Waals surface area contributed by atoms with Gasteiger partial charge in [0, 0.05) is 39.9 Å². The van der Waals surface area contributed by atoms with Gasteiger partial charge in [0.2, 0.25) is 11.8 Å². The predicted octanol–water partition coefficient (Wildman–Crippen LogP) is 7.52. The first-order valence-electron chi connectivity index (χ1n) is 13.5. The second kappa shape index (κ2) is 13.5. The van der Waals surface area contributed by atoms with Crippen molar-refractivity contribution >= 4 is 35.1 Å². The number of ether oxygens (including phenoxy) is 2. The van der Waals surface area contributed by atoms with Crippen LogP contribution in [0.2, 0.25) is 0 Å². The topological polar surface area (TPSA) is 87.6 Å². The van der Waals surface area contributed by atoms with Crippen LogP contribution in [0, 0.1) is 5.41 Å². The first kappa shape index (κ1) is 32.4. The minimum Gasteiger partial charge on any atom is -0.445 e.